The highest BCUT2D eigenvalue weighted by atomic mass is 32.1. The first-order chi connectivity index (χ1) is 39.8. The number of carbonyl (C=O) groups is 1. The third-order valence-corrected chi connectivity index (χ3v) is 25.2. The minimum atomic E-state index is -2.95. The second-order valence-electron chi connectivity index (χ2n) is 25.0. The van der Waals surface area contributed by atoms with Crippen LogP contribution in [0.4, 0.5) is 21.2 Å². The maximum atomic E-state index is 15.3. The third kappa shape index (κ3) is 15.3. The summed E-state index contributed by atoms with van der Waals surface area (Å²) in [5.74, 6) is 7.14. The molecule has 0 radical (unpaired) electrons. The van der Waals surface area contributed by atoms with Crippen LogP contribution < -0.4 is 24.8 Å². The zero-order chi connectivity index (χ0) is 58.8. The SMILES string of the molecule is COC(=O)c1nc(N(CCCC(C[N+]23CCC(CC2)CC3)O[Si](c2ccccc2)(c2ccccc2)C(C)(C)C)c2cc(C)c(N=c3sc4ccccc4n3COCC[Si](C)(C)C)nn2)sc1CCCOc1ccc(C#CCN(C)C)cc1F. The minimum Gasteiger partial charge on any atom is -0.491 e. The number of rotatable bonds is 25. The number of piperidine rings is 3. The molecule has 3 aliphatic heterocycles. The molecule has 0 saturated carbocycles. The molecule has 3 aliphatic rings. The van der Waals surface area contributed by atoms with Crippen LogP contribution in [0.1, 0.15) is 85.8 Å². The van der Waals surface area contributed by atoms with Gasteiger partial charge in [0.1, 0.15) is 13.3 Å². The van der Waals surface area contributed by atoms with Crippen molar-refractivity contribution in [1.82, 2.24) is 24.6 Å². The number of methoxy groups -OCH3 is 1. The lowest BCUT2D eigenvalue weighted by atomic mass is 9.85. The molecule has 1 atom stereocenters. The van der Waals surface area contributed by atoms with Crippen LogP contribution in [0.3, 0.4) is 0 Å². The van der Waals surface area contributed by atoms with E-state index in [1.165, 1.54) is 73.8 Å². The van der Waals surface area contributed by atoms with E-state index in [0.29, 0.717) is 61.6 Å². The van der Waals surface area contributed by atoms with Crippen molar-refractivity contribution >= 4 is 82.4 Å². The second-order valence-corrected chi connectivity index (χ2v) is 36.9. The Balaban J connectivity index is 1.05. The van der Waals surface area contributed by atoms with Gasteiger partial charge in [-0.1, -0.05) is 136 Å². The Morgan fingerprint density at radius 1 is 0.892 bits per heavy atom. The summed E-state index contributed by atoms with van der Waals surface area (Å²) in [7, 11) is 1.01. The largest absolute Gasteiger partial charge is 0.491 e. The molecule has 3 fully saturated rings. The van der Waals surface area contributed by atoms with Crippen LogP contribution >= 0.6 is 22.7 Å². The molecule has 440 valence electrons. The predicted molar refractivity (Wildman–Crippen MR) is 341 cm³/mol. The van der Waals surface area contributed by atoms with Crippen LogP contribution in [0.15, 0.2) is 114 Å². The number of benzene rings is 4. The van der Waals surface area contributed by atoms with Crippen molar-refractivity contribution in [2.45, 2.75) is 116 Å². The number of ether oxygens (including phenoxy) is 3. The molecule has 6 heterocycles. The lowest BCUT2D eigenvalue weighted by Crippen LogP contribution is -2.69. The number of nitrogens with zero attached hydrogens (tertiary/aromatic N) is 8. The summed E-state index contributed by atoms with van der Waals surface area (Å²) in [5.41, 5.74) is 2.71. The fraction of sp³-hybridized carbons (Fsp3) is 0.462. The average molecular weight is 1200 g/mol. The van der Waals surface area contributed by atoms with Crippen LogP contribution in [0, 0.1) is 30.5 Å². The van der Waals surface area contributed by atoms with Crippen molar-refractivity contribution in [2.75, 3.05) is 78.6 Å². The summed E-state index contributed by atoms with van der Waals surface area (Å²) in [4.78, 5) is 29.5. The number of aryl methyl sites for hydroxylation is 2. The molecule has 0 aliphatic carbocycles. The number of thiazole rings is 2. The average Bonchev–Trinajstić information content (AvgIpc) is 4.02. The molecule has 3 saturated heterocycles. The number of halogens is 1. The number of esters is 1. The van der Waals surface area contributed by atoms with Crippen molar-refractivity contribution < 1.29 is 32.3 Å². The number of hydrogen-bond donors (Lipinski definition) is 0. The maximum Gasteiger partial charge on any atom is 0.357 e. The van der Waals surface area contributed by atoms with Crippen molar-refractivity contribution in [3.63, 3.8) is 0 Å². The molecule has 4 aromatic carbocycles. The number of para-hydroxylation sites is 1. The van der Waals surface area contributed by atoms with Crippen molar-refractivity contribution in [3.05, 3.63) is 142 Å². The molecular weight excluding hydrogens is 1110 g/mol. The van der Waals surface area contributed by atoms with E-state index in [2.05, 4.69) is 135 Å². The van der Waals surface area contributed by atoms with Gasteiger partial charge in [-0.2, -0.15) is 4.99 Å². The smallest absolute Gasteiger partial charge is 0.357 e. The molecule has 0 N–H and O–H groups in total. The van der Waals surface area contributed by atoms with E-state index in [-0.39, 0.29) is 29.2 Å². The molecule has 7 aromatic rings. The molecule has 10 rings (SSSR count). The number of anilines is 2. The van der Waals surface area contributed by atoms with Gasteiger partial charge in [0.15, 0.2) is 38.8 Å². The number of carbonyl (C=O) groups excluding carboxylic acids is 1. The van der Waals surface area contributed by atoms with Gasteiger partial charge < -0.3 is 28.0 Å². The normalized spacial score (nSPS) is 17.0. The van der Waals surface area contributed by atoms with E-state index >= 15 is 4.39 Å². The number of fused-ring (bicyclic) bond motifs is 4. The molecule has 83 heavy (non-hydrogen) atoms. The quantitative estimate of drug-likeness (QED) is 0.0180. The highest BCUT2D eigenvalue weighted by Crippen LogP contribution is 2.41. The molecule has 0 amide bonds. The summed E-state index contributed by atoms with van der Waals surface area (Å²) in [6, 6.07) is 38.2. The van der Waals surface area contributed by atoms with Gasteiger partial charge in [0.2, 0.25) is 0 Å². The Hall–Kier alpha value is -5.89. The molecular formula is C65H84FN8O5S2Si2+. The Labute approximate surface area is 501 Å². The first-order valence-electron chi connectivity index (χ1n) is 29.4. The van der Waals surface area contributed by atoms with Crippen LogP contribution in [-0.4, -0.2) is 131 Å². The van der Waals surface area contributed by atoms with Gasteiger partial charge in [-0.05, 0) is 135 Å². The van der Waals surface area contributed by atoms with Gasteiger partial charge in [-0.25, -0.2) is 14.2 Å². The first kappa shape index (κ1) is 61.7. The minimum absolute atomic E-state index is 0.0612. The number of quaternary nitrogens is 1. The topological polar surface area (TPSA) is 116 Å². The van der Waals surface area contributed by atoms with E-state index in [1.54, 1.807) is 23.5 Å². The molecule has 2 bridgehead atoms. The molecule has 1 unspecified atom stereocenters. The number of hydrogen-bond acceptors (Lipinski definition) is 13. The monoisotopic (exact) mass is 1200 g/mol. The Bertz CT molecular complexity index is 3380. The van der Waals surface area contributed by atoms with Crippen molar-refractivity contribution in [3.8, 4) is 17.6 Å². The van der Waals surface area contributed by atoms with E-state index in [1.807, 2.05) is 44.1 Å². The van der Waals surface area contributed by atoms with Gasteiger partial charge in [0.25, 0.3) is 8.32 Å². The zero-order valence-corrected chi connectivity index (χ0v) is 54.0. The van der Waals surface area contributed by atoms with Crippen molar-refractivity contribution in [1.29, 1.82) is 0 Å². The Morgan fingerprint density at radius 2 is 1.58 bits per heavy atom. The fourth-order valence-electron chi connectivity index (χ4n) is 11.6. The lowest BCUT2D eigenvalue weighted by molar-refractivity contribution is -0.945. The lowest BCUT2D eigenvalue weighted by Gasteiger charge is -2.52. The molecule has 0 spiro atoms. The van der Waals surface area contributed by atoms with Gasteiger partial charge in [0.05, 0.1) is 56.2 Å². The fourth-order valence-corrected chi connectivity index (χ4v) is 19.2. The summed E-state index contributed by atoms with van der Waals surface area (Å²) >= 11 is 3.03. The zero-order valence-electron chi connectivity index (χ0n) is 50.4. The van der Waals surface area contributed by atoms with Crippen LogP contribution in [-0.2, 0) is 27.1 Å². The highest BCUT2D eigenvalue weighted by molar-refractivity contribution is 7.16. The van der Waals surface area contributed by atoms with E-state index < -0.39 is 28.2 Å². The molecule has 3 aromatic heterocycles. The van der Waals surface area contributed by atoms with Gasteiger partial charge in [-0.3, -0.25) is 9.47 Å². The Morgan fingerprint density at radius 3 is 2.22 bits per heavy atom. The van der Waals surface area contributed by atoms with E-state index in [0.717, 1.165) is 61.3 Å². The standard InChI is InChI=1S/C65H84FN8O5S2Si2/c1-48-44-59(69-70-61(48)68-64-73(47-77-42-43-82(8,9)10)55-28-17-18-29-57(55)80-64)72(63-67-60(62(75)76-7)58(81-63)30-21-41-78-56-32-31-50(45-54(56)66)22-19-36-71(5)6)37-20-23-51(46-74-38-33-49(34-39-74)35-40-74)79-83(65(2,3)4,52-24-13-11-14-25-52)53-26-15-12-16-27-53/h11-18,24-29,31-32,44-45,49,51H,20-21,23,30,33-43,46-47H2,1-10H3/q+1. The van der Waals surface area contributed by atoms with Crippen LogP contribution in [0.2, 0.25) is 30.7 Å². The molecule has 18 heteroatoms. The van der Waals surface area contributed by atoms with Gasteiger partial charge in [0, 0.05) is 31.7 Å². The maximum absolute atomic E-state index is 15.3. The summed E-state index contributed by atoms with van der Waals surface area (Å²) < 4.78 is 45.4. The summed E-state index contributed by atoms with van der Waals surface area (Å²) in [6.45, 7) is 23.1. The second kappa shape index (κ2) is 27.4. The number of aromatic nitrogens is 4. The molecule has 13 nitrogen and oxygen atoms in total. The highest BCUT2D eigenvalue weighted by Gasteiger charge is 2.53. The van der Waals surface area contributed by atoms with Crippen LogP contribution in [0.5, 0.6) is 5.75 Å². The predicted octanol–water partition coefficient (Wildman–Crippen LogP) is 12.1. The third-order valence-electron chi connectivity index (χ3n) is 16.2. The van der Waals surface area contributed by atoms with Crippen LogP contribution in [0.25, 0.3) is 10.2 Å². The summed E-state index contributed by atoms with van der Waals surface area (Å²) in [5, 5.41) is 12.8. The van der Waals surface area contributed by atoms with Gasteiger partial charge >= 0.3 is 5.97 Å². The van der Waals surface area contributed by atoms with E-state index in [9.17, 15) is 4.79 Å². The van der Waals surface area contributed by atoms with E-state index in [4.69, 9.17) is 38.8 Å². The summed E-state index contributed by atoms with van der Waals surface area (Å²) in [6.07, 6.45) is 6.21. The first-order valence-corrected chi connectivity index (χ1v) is 36.7. The Kier molecular flexibility index (Phi) is 20.4. The van der Waals surface area contributed by atoms with Crippen molar-refractivity contribution in [2.24, 2.45) is 10.9 Å². The van der Waals surface area contributed by atoms with Gasteiger partial charge in [-0.15, -0.1) is 21.5 Å².